The van der Waals surface area contributed by atoms with Crippen LogP contribution in [0.3, 0.4) is 0 Å². The van der Waals surface area contributed by atoms with Crippen LogP contribution in [0.1, 0.15) is 45.2 Å². The fourth-order valence-electron chi connectivity index (χ4n) is 3.45. The highest BCUT2D eigenvalue weighted by molar-refractivity contribution is 5.46. The summed E-state index contributed by atoms with van der Waals surface area (Å²) in [6.07, 6.45) is 5.04. The summed E-state index contributed by atoms with van der Waals surface area (Å²) in [7, 11) is 1.62. The van der Waals surface area contributed by atoms with Crippen LogP contribution in [0.25, 0.3) is 0 Å². The maximum absolute atomic E-state index is 10.5. The third-order valence-corrected chi connectivity index (χ3v) is 5.02. The van der Waals surface area contributed by atoms with E-state index in [4.69, 9.17) is 9.47 Å². The zero-order valence-corrected chi connectivity index (χ0v) is 18.3. The van der Waals surface area contributed by atoms with Crippen LogP contribution in [0.5, 0.6) is 11.5 Å². The van der Waals surface area contributed by atoms with Crippen molar-refractivity contribution < 1.29 is 14.6 Å². The molecule has 1 fully saturated rings. The molecule has 0 bridgehead atoms. The summed E-state index contributed by atoms with van der Waals surface area (Å²) in [5.74, 6) is 7.74. The molecule has 1 aliphatic heterocycles. The normalized spacial score (nSPS) is 16.6. The van der Waals surface area contributed by atoms with Gasteiger partial charge in [-0.3, -0.25) is 0 Å². The minimum absolute atomic E-state index is 0.0812. The molecule has 0 saturated carbocycles. The number of β-amino-alcohol motifs (C(OH)–C–C–N with tert-alkyl or cyclic N) is 1. The van der Waals surface area contributed by atoms with Crippen LogP contribution in [-0.4, -0.2) is 64.2 Å². The molecule has 0 spiro atoms. The van der Waals surface area contributed by atoms with E-state index in [-0.39, 0.29) is 12.0 Å². The van der Waals surface area contributed by atoms with Crippen molar-refractivity contribution in [3.05, 3.63) is 36.4 Å². The Kier molecular flexibility index (Phi) is 7.35. The van der Waals surface area contributed by atoms with Gasteiger partial charge in [0.05, 0.1) is 7.11 Å². The fraction of sp³-hybridized carbons (Fsp3) is 0.565. The smallest absolute Gasteiger partial charge is 0.124 e. The van der Waals surface area contributed by atoms with Crippen LogP contribution in [0.15, 0.2) is 30.9 Å². The highest BCUT2D eigenvalue weighted by Gasteiger charge is 2.22. The van der Waals surface area contributed by atoms with Gasteiger partial charge in [0.1, 0.15) is 36.9 Å². The SMILES string of the molecule is COc1cc(C#CC(C)(C)C)cc(OCC(O)CN2CCC(n3cnnc3)CC2)c1. The van der Waals surface area contributed by atoms with E-state index in [9.17, 15) is 5.11 Å². The number of likely N-dealkylation sites (tertiary alicyclic amines) is 1. The van der Waals surface area contributed by atoms with Crippen LogP contribution in [0.4, 0.5) is 0 Å². The van der Waals surface area contributed by atoms with E-state index in [0.717, 1.165) is 31.5 Å². The second kappa shape index (κ2) is 9.96. The number of ether oxygens (including phenoxy) is 2. The Morgan fingerprint density at radius 2 is 1.80 bits per heavy atom. The first-order valence-corrected chi connectivity index (χ1v) is 10.4. The molecule has 1 aliphatic rings. The minimum atomic E-state index is -0.563. The van der Waals surface area contributed by atoms with E-state index in [0.29, 0.717) is 24.1 Å². The number of hydrogen-bond acceptors (Lipinski definition) is 6. The largest absolute Gasteiger partial charge is 0.497 e. The number of rotatable bonds is 7. The number of aromatic nitrogens is 3. The molecule has 162 valence electrons. The lowest BCUT2D eigenvalue weighted by atomic mass is 9.97. The molecule has 7 nitrogen and oxygen atoms in total. The lowest BCUT2D eigenvalue weighted by molar-refractivity contribution is 0.0558. The molecule has 0 radical (unpaired) electrons. The molecule has 0 amide bonds. The maximum Gasteiger partial charge on any atom is 0.124 e. The molecule has 1 aromatic heterocycles. The lowest BCUT2D eigenvalue weighted by Gasteiger charge is -2.33. The zero-order chi connectivity index (χ0) is 21.6. The van der Waals surface area contributed by atoms with Gasteiger partial charge < -0.3 is 24.0 Å². The molecule has 30 heavy (non-hydrogen) atoms. The molecule has 2 heterocycles. The second-order valence-corrected chi connectivity index (χ2v) is 8.80. The first-order valence-electron chi connectivity index (χ1n) is 10.4. The van der Waals surface area contributed by atoms with Crippen LogP contribution >= 0.6 is 0 Å². The highest BCUT2D eigenvalue weighted by atomic mass is 16.5. The fourth-order valence-corrected chi connectivity index (χ4v) is 3.45. The predicted molar refractivity (Wildman–Crippen MR) is 116 cm³/mol. The van der Waals surface area contributed by atoms with E-state index in [1.165, 1.54) is 0 Å². The molecular weight excluding hydrogens is 380 g/mol. The number of methoxy groups -OCH3 is 1. The molecule has 1 N–H and O–H groups in total. The quantitative estimate of drug-likeness (QED) is 0.705. The van der Waals surface area contributed by atoms with Crippen LogP contribution in [0.2, 0.25) is 0 Å². The molecule has 0 aliphatic carbocycles. The van der Waals surface area contributed by atoms with Crippen molar-refractivity contribution in [3.8, 4) is 23.3 Å². The van der Waals surface area contributed by atoms with E-state index in [2.05, 4.69) is 52.3 Å². The predicted octanol–water partition coefficient (Wildman–Crippen LogP) is 2.76. The van der Waals surface area contributed by atoms with Crippen LogP contribution < -0.4 is 9.47 Å². The summed E-state index contributed by atoms with van der Waals surface area (Å²) >= 11 is 0. The Bertz CT molecular complexity index is 857. The van der Waals surface area contributed by atoms with Gasteiger partial charge in [-0.25, -0.2) is 0 Å². The number of hydrogen-bond donors (Lipinski definition) is 1. The summed E-state index contributed by atoms with van der Waals surface area (Å²) in [5.41, 5.74) is 0.757. The first-order chi connectivity index (χ1) is 14.3. The summed E-state index contributed by atoms with van der Waals surface area (Å²) in [5, 5.41) is 18.2. The average molecular weight is 413 g/mol. The number of piperidine rings is 1. The summed E-state index contributed by atoms with van der Waals surface area (Å²) in [6, 6.07) is 6.04. The van der Waals surface area contributed by atoms with Gasteiger partial charge in [-0.2, -0.15) is 0 Å². The van der Waals surface area contributed by atoms with Crippen molar-refractivity contribution in [2.45, 2.75) is 45.8 Å². The Labute approximate surface area is 179 Å². The summed E-state index contributed by atoms with van der Waals surface area (Å²) < 4.78 is 13.3. The summed E-state index contributed by atoms with van der Waals surface area (Å²) in [4.78, 5) is 2.28. The van der Waals surface area contributed by atoms with Gasteiger partial charge in [0.15, 0.2) is 0 Å². The van der Waals surface area contributed by atoms with Gasteiger partial charge in [0, 0.05) is 42.7 Å². The molecule has 1 saturated heterocycles. The number of aliphatic hydroxyl groups is 1. The van der Waals surface area contributed by atoms with Crippen molar-refractivity contribution in [2.24, 2.45) is 5.41 Å². The first kappa shape index (κ1) is 22.1. The van der Waals surface area contributed by atoms with Gasteiger partial charge in [0.2, 0.25) is 0 Å². The van der Waals surface area contributed by atoms with Crippen molar-refractivity contribution >= 4 is 0 Å². The maximum atomic E-state index is 10.5. The van der Waals surface area contributed by atoms with Crippen molar-refractivity contribution in [2.75, 3.05) is 33.4 Å². The van der Waals surface area contributed by atoms with E-state index in [1.54, 1.807) is 19.8 Å². The third kappa shape index (κ3) is 6.75. The standard InChI is InChI=1S/C23H32N4O3/c1-23(2,3)8-5-18-11-21(29-4)13-22(12-18)30-15-20(28)14-26-9-6-19(7-10-26)27-16-24-25-17-27/h11-13,16-17,19-20,28H,6-7,9-10,14-15H2,1-4H3. The molecule has 7 heteroatoms. The van der Waals surface area contributed by atoms with Gasteiger partial charge in [-0.05, 0) is 45.7 Å². The van der Waals surface area contributed by atoms with E-state index >= 15 is 0 Å². The minimum Gasteiger partial charge on any atom is -0.497 e. The van der Waals surface area contributed by atoms with E-state index in [1.807, 2.05) is 18.2 Å². The Hall–Kier alpha value is -2.56. The Morgan fingerprint density at radius 1 is 1.13 bits per heavy atom. The Morgan fingerprint density at radius 3 is 2.43 bits per heavy atom. The molecule has 1 atom stereocenters. The van der Waals surface area contributed by atoms with Crippen molar-refractivity contribution in [1.29, 1.82) is 0 Å². The monoisotopic (exact) mass is 412 g/mol. The van der Waals surface area contributed by atoms with E-state index < -0.39 is 6.10 Å². The van der Waals surface area contributed by atoms with Gasteiger partial charge in [-0.1, -0.05) is 11.8 Å². The zero-order valence-electron chi connectivity index (χ0n) is 18.3. The van der Waals surface area contributed by atoms with Crippen molar-refractivity contribution in [3.63, 3.8) is 0 Å². The van der Waals surface area contributed by atoms with Gasteiger partial charge in [0.25, 0.3) is 0 Å². The second-order valence-electron chi connectivity index (χ2n) is 8.80. The molecule has 3 rings (SSSR count). The topological polar surface area (TPSA) is 72.6 Å². The molecule has 1 aromatic carbocycles. The van der Waals surface area contributed by atoms with Crippen LogP contribution in [-0.2, 0) is 0 Å². The lowest BCUT2D eigenvalue weighted by Crippen LogP contribution is -2.41. The third-order valence-electron chi connectivity index (χ3n) is 5.02. The van der Waals surface area contributed by atoms with Gasteiger partial charge >= 0.3 is 0 Å². The number of nitrogens with zero attached hydrogens (tertiary/aromatic N) is 4. The number of benzene rings is 1. The summed E-state index contributed by atoms with van der Waals surface area (Å²) in [6.45, 7) is 8.91. The Balaban J connectivity index is 1.50. The van der Waals surface area contributed by atoms with Gasteiger partial charge in [-0.15, -0.1) is 10.2 Å². The molecule has 2 aromatic rings. The van der Waals surface area contributed by atoms with Crippen molar-refractivity contribution in [1.82, 2.24) is 19.7 Å². The number of aliphatic hydroxyl groups excluding tert-OH is 1. The van der Waals surface area contributed by atoms with Crippen LogP contribution in [0, 0.1) is 17.3 Å². The molecule has 1 unspecified atom stereocenters. The molecular formula is C23H32N4O3. The average Bonchev–Trinajstić information content (AvgIpc) is 3.25. The highest BCUT2D eigenvalue weighted by Crippen LogP contribution is 2.24.